The molecule has 0 saturated carbocycles. The van der Waals surface area contributed by atoms with Crippen LogP contribution in [0.1, 0.15) is 18.1 Å². The monoisotopic (exact) mass is 533 g/mol. The number of halogens is 2. The minimum atomic E-state index is -3.75. The summed E-state index contributed by atoms with van der Waals surface area (Å²) in [6.07, 6.45) is 1.67. The maximum absolute atomic E-state index is 13.1. The Bertz CT molecular complexity index is 1410. The van der Waals surface area contributed by atoms with Crippen LogP contribution < -0.4 is 10.1 Å². The molecule has 3 aromatic carbocycles. The summed E-state index contributed by atoms with van der Waals surface area (Å²) >= 11 is 13.5. The topological polar surface area (TPSA) is 89.5 Å². The van der Waals surface area contributed by atoms with Crippen LogP contribution in [0.15, 0.2) is 75.4 Å². The summed E-state index contributed by atoms with van der Waals surface area (Å²) in [5.41, 5.74) is 1.57. The molecule has 1 aliphatic heterocycles. The highest BCUT2D eigenvalue weighted by molar-refractivity contribution is 8.04. The number of sulfone groups is 1. The minimum absolute atomic E-state index is 0.0935. The van der Waals surface area contributed by atoms with Gasteiger partial charge >= 0.3 is 5.97 Å². The fourth-order valence-electron chi connectivity index (χ4n) is 3.22. The molecule has 4 rings (SSSR count). The van der Waals surface area contributed by atoms with E-state index in [4.69, 9.17) is 27.9 Å². The number of fused-ring (bicyclic) bond motifs is 1. The van der Waals surface area contributed by atoms with E-state index < -0.39 is 15.8 Å². The number of esters is 1. The second-order valence-corrected chi connectivity index (χ2v) is 11.2. The number of carbonyl (C=O) groups excluding carboxylic acids is 2. The smallest absolute Gasteiger partial charge is 0.308 e. The summed E-state index contributed by atoms with van der Waals surface area (Å²) in [6.45, 7) is 1.31. The molecule has 1 amide bonds. The lowest BCUT2D eigenvalue weighted by Gasteiger charge is -2.19. The van der Waals surface area contributed by atoms with Gasteiger partial charge in [-0.15, -0.1) is 0 Å². The van der Waals surface area contributed by atoms with E-state index in [1.165, 1.54) is 19.1 Å². The number of benzene rings is 3. The fraction of sp³-hybridized carbons (Fsp3) is 0.0833. The first-order chi connectivity index (χ1) is 16.1. The molecule has 10 heteroatoms. The molecule has 0 atom stereocenters. The van der Waals surface area contributed by atoms with Gasteiger partial charge < -0.3 is 10.1 Å². The Labute approximate surface area is 210 Å². The second-order valence-electron chi connectivity index (χ2n) is 7.34. The molecule has 6 nitrogen and oxygen atoms in total. The van der Waals surface area contributed by atoms with Crippen LogP contribution in [-0.4, -0.2) is 20.3 Å². The van der Waals surface area contributed by atoms with Gasteiger partial charge in [-0.05, 0) is 54.1 Å². The van der Waals surface area contributed by atoms with Gasteiger partial charge in [-0.3, -0.25) is 9.59 Å². The van der Waals surface area contributed by atoms with Crippen molar-refractivity contribution in [1.29, 1.82) is 0 Å². The summed E-state index contributed by atoms with van der Waals surface area (Å²) in [5, 5.41) is 3.34. The van der Waals surface area contributed by atoms with Gasteiger partial charge in [0.15, 0.2) is 9.84 Å². The summed E-state index contributed by atoms with van der Waals surface area (Å²) in [6, 6.07) is 16.0. The summed E-state index contributed by atoms with van der Waals surface area (Å²) in [7, 11) is -3.75. The number of thioether (sulfide) groups is 1. The Morgan fingerprint density at radius 3 is 2.38 bits per heavy atom. The van der Waals surface area contributed by atoms with Gasteiger partial charge in [0.05, 0.1) is 21.2 Å². The van der Waals surface area contributed by atoms with Crippen molar-refractivity contribution in [2.75, 3.05) is 5.32 Å². The zero-order valence-corrected chi connectivity index (χ0v) is 20.8. The Hall–Kier alpha value is -2.78. The van der Waals surface area contributed by atoms with Crippen LogP contribution in [0.25, 0.3) is 6.08 Å². The number of anilines is 1. The maximum Gasteiger partial charge on any atom is 0.308 e. The van der Waals surface area contributed by atoms with E-state index in [2.05, 4.69) is 5.32 Å². The SMILES string of the molecule is CC(=O)Oc1ccc(/C=C2\Sc3cc(S(=O)(=O)Cc4c(Cl)cccc4Cl)ccc3NC2=O)cc1. The van der Waals surface area contributed by atoms with Crippen LogP contribution in [0.4, 0.5) is 5.69 Å². The lowest BCUT2D eigenvalue weighted by atomic mass is 10.2. The first kappa shape index (κ1) is 24.3. The zero-order valence-electron chi connectivity index (χ0n) is 17.7. The fourth-order valence-corrected chi connectivity index (χ4v) is 6.41. The van der Waals surface area contributed by atoms with Crippen molar-refractivity contribution in [1.82, 2.24) is 0 Å². The highest BCUT2D eigenvalue weighted by Gasteiger charge is 2.25. The molecule has 0 fully saturated rings. The van der Waals surface area contributed by atoms with Crippen molar-refractivity contribution in [2.45, 2.75) is 22.5 Å². The van der Waals surface area contributed by atoms with Crippen molar-refractivity contribution in [3.8, 4) is 5.75 Å². The largest absolute Gasteiger partial charge is 0.427 e. The summed E-state index contributed by atoms with van der Waals surface area (Å²) < 4.78 is 31.2. The molecule has 174 valence electrons. The Kier molecular flexibility index (Phi) is 7.04. The van der Waals surface area contributed by atoms with Crippen LogP contribution in [0.5, 0.6) is 5.75 Å². The van der Waals surface area contributed by atoms with Crippen LogP contribution in [0.2, 0.25) is 10.0 Å². The van der Waals surface area contributed by atoms with Crippen molar-refractivity contribution in [3.05, 3.63) is 86.7 Å². The predicted molar refractivity (Wildman–Crippen MR) is 134 cm³/mol. The van der Waals surface area contributed by atoms with E-state index in [1.54, 1.807) is 54.6 Å². The quantitative estimate of drug-likeness (QED) is 0.246. The first-order valence-electron chi connectivity index (χ1n) is 9.91. The molecule has 0 radical (unpaired) electrons. The molecule has 1 aliphatic rings. The molecule has 0 bridgehead atoms. The van der Waals surface area contributed by atoms with E-state index in [1.807, 2.05) is 0 Å². The van der Waals surface area contributed by atoms with E-state index in [0.29, 0.717) is 32.4 Å². The summed E-state index contributed by atoms with van der Waals surface area (Å²) in [4.78, 5) is 24.7. The molecule has 1 N–H and O–H groups in total. The second kappa shape index (κ2) is 9.84. The molecule has 1 heterocycles. The number of hydrogen-bond acceptors (Lipinski definition) is 6. The van der Waals surface area contributed by atoms with Crippen LogP contribution in [0, 0.1) is 0 Å². The maximum atomic E-state index is 13.1. The minimum Gasteiger partial charge on any atom is -0.427 e. The Balaban J connectivity index is 1.60. The average molecular weight is 534 g/mol. The molecular weight excluding hydrogens is 517 g/mol. The zero-order chi connectivity index (χ0) is 24.5. The van der Waals surface area contributed by atoms with Gasteiger partial charge in [-0.2, -0.15) is 0 Å². The van der Waals surface area contributed by atoms with Gasteiger partial charge in [-0.25, -0.2) is 8.42 Å². The van der Waals surface area contributed by atoms with Crippen LogP contribution in [0.3, 0.4) is 0 Å². The normalized spacial score (nSPS) is 14.4. The van der Waals surface area contributed by atoms with Crippen molar-refractivity contribution in [2.24, 2.45) is 0 Å². The third kappa shape index (κ3) is 5.47. The lowest BCUT2D eigenvalue weighted by Crippen LogP contribution is -2.17. The highest BCUT2D eigenvalue weighted by atomic mass is 35.5. The Morgan fingerprint density at radius 2 is 1.74 bits per heavy atom. The number of ether oxygens (including phenoxy) is 1. The number of hydrogen-bond donors (Lipinski definition) is 1. The number of carbonyl (C=O) groups is 2. The van der Waals surface area contributed by atoms with E-state index in [-0.39, 0.29) is 26.6 Å². The van der Waals surface area contributed by atoms with Crippen molar-refractivity contribution < 1.29 is 22.7 Å². The number of amides is 1. The average Bonchev–Trinajstić information content (AvgIpc) is 2.77. The standard InChI is InChI=1S/C24H17Cl2NO5S2/c1-14(28)32-16-7-5-15(6-8-16)11-23-24(29)27-21-10-9-17(12-22(21)33-23)34(30,31)13-18-19(25)3-2-4-20(18)26/h2-12H,13H2,1H3,(H,27,29)/b23-11-. The third-order valence-electron chi connectivity index (χ3n) is 4.84. The van der Waals surface area contributed by atoms with Gasteiger partial charge in [-0.1, -0.05) is 53.2 Å². The van der Waals surface area contributed by atoms with Crippen molar-refractivity contribution >= 4 is 68.4 Å². The summed E-state index contributed by atoms with van der Waals surface area (Å²) in [5.74, 6) is -0.680. The van der Waals surface area contributed by atoms with E-state index in [0.717, 1.165) is 11.8 Å². The number of rotatable bonds is 5. The molecular formula is C24H17Cl2NO5S2. The molecule has 0 spiro atoms. The number of nitrogens with one attached hydrogen (secondary N) is 1. The van der Waals surface area contributed by atoms with Gasteiger partial charge in [0.2, 0.25) is 0 Å². The molecule has 0 saturated heterocycles. The molecule has 0 aliphatic carbocycles. The van der Waals surface area contributed by atoms with Crippen LogP contribution >= 0.6 is 35.0 Å². The molecule has 34 heavy (non-hydrogen) atoms. The van der Waals surface area contributed by atoms with Crippen molar-refractivity contribution in [3.63, 3.8) is 0 Å². The first-order valence-corrected chi connectivity index (χ1v) is 13.1. The van der Waals surface area contributed by atoms with Gasteiger partial charge in [0.1, 0.15) is 5.75 Å². The molecule has 0 unspecified atom stereocenters. The molecule has 0 aromatic heterocycles. The molecule has 3 aromatic rings. The van der Waals surface area contributed by atoms with Gasteiger partial charge in [0, 0.05) is 27.4 Å². The predicted octanol–water partition coefficient (Wildman–Crippen LogP) is 5.98. The van der Waals surface area contributed by atoms with E-state index in [9.17, 15) is 18.0 Å². The lowest BCUT2D eigenvalue weighted by molar-refractivity contribution is -0.131. The third-order valence-corrected chi connectivity index (χ3v) is 8.27. The highest BCUT2D eigenvalue weighted by Crippen LogP contribution is 2.41. The van der Waals surface area contributed by atoms with E-state index >= 15 is 0 Å². The Morgan fingerprint density at radius 1 is 1.06 bits per heavy atom. The van der Waals surface area contributed by atoms with Crippen LogP contribution in [-0.2, 0) is 25.2 Å². The van der Waals surface area contributed by atoms with Gasteiger partial charge in [0.25, 0.3) is 5.91 Å².